The monoisotopic (exact) mass is 399 g/mol. The van der Waals surface area contributed by atoms with E-state index in [1.165, 1.54) is 35.2 Å². The van der Waals surface area contributed by atoms with Crippen molar-refractivity contribution in [3.63, 3.8) is 0 Å². The van der Waals surface area contributed by atoms with Crippen LogP contribution in [0.4, 0.5) is 5.69 Å². The van der Waals surface area contributed by atoms with Gasteiger partial charge in [0.2, 0.25) is 0 Å². The van der Waals surface area contributed by atoms with Crippen LogP contribution in [-0.4, -0.2) is 13.1 Å². The molecule has 158 valence electrons. The fourth-order valence-electron chi connectivity index (χ4n) is 3.93. The molecule has 0 fully saturated rings. The minimum Gasteiger partial charge on any atom is -0.372 e. The first-order chi connectivity index (χ1) is 14.6. The summed E-state index contributed by atoms with van der Waals surface area (Å²) in [5, 5.41) is 0. The summed E-state index contributed by atoms with van der Waals surface area (Å²) < 4.78 is 0. The molecule has 0 saturated carbocycles. The molecule has 3 aromatic carbocycles. The first-order valence-electron chi connectivity index (χ1n) is 11.5. The van der Waals surface area contributed by atoms with Crippen molar-refractivity contribution in [2.45, 2.75) is 58.3 Å². The molecular weight excluding hydrogens is 362 g/mol. The fourth-order valence-corrected chi connectivity index (χ4v) is 3.93. The van der Waals surface area contributed by atoms with E-state index in [0.717, 1.165) is 32.4 Å². The number of anilines is 1. The Morgan fingerprint density at radius 2 is 1.10 bits per heavy atom. The predicted octanol–water partition coefficient (Wildman–Crippen LogP) is 7.45. The molecular formula is C29H37N. The van der Waals surface area contributed by atoms with Gasteiger partial charge in [0.25, 0.3) is 0 Å². The van der Waals surface area contributed by atoms with E-state index in [0.29, 0.717) is 0 Å². The zero-order valence-electron chi connectivity index (χ0n) is 19.0. The third-order valence-electron chi connectivity index (χ3n) is 6.37. The van der Waals surface area contributed by atoms with Gasteiger partial charge in [-0.25, -0.2) is 0 Å². The first kappa shape index (κ1) is 22.2. The van der Waals surface area contributed by atoms with Gasteiger partial charge in [0, 0.05) is 18.8 Å². The highest BCUT2D eigenvalue weighted by molar-refractivity contribution is 5.48. The van der Waals surface area contributed by atoms with E-state index in [2.05, 4.69) is 111 Å². The molecule has 3 aromatic rings. The Balaban J connectivity index is 1.64. The van der Waals surface area contributed by atoms with Gasteiger partial charge in [-0.05, 0) is 66.3 Å². The molecule has 3 rings (SSSR count). The van der Waals surface area contributed by atoms with Crippen molar-refractivity contribution in [2.75, 3.05) is 18.0 Å². The highest BCUT2D eigenvalue weighted by Gasteiger charge is 2.18. The molecule has 0 heterocycles. The second-order valence-electron chi connectivity index (χ2n) is 8.95. The topological polar surface area (TPSA) is 3.24 Å². The summed E-state index contributed by atoms with van der Waals surface area (Å²) in [6.07, 6.45) is 5.78. The largest absolute Gasteiger partial charge is 0.372 e. The average Bonchev–Trinajstić information content (AvgIpc) is 2.79. The van der Waals surface area contributed by atoms with Crippen LogP contribution in [0.1, 0.15) is 56.7 Å². The van der Waals surface area contributed by atoms with Crippen molar-refractivity contribution in [3.05, 3.63) is 102 Å². The van der Waals surface area contributed by atoms with Gasteiger partial charge in [-0.1, -0.05) is 93.6 Å². The maximum Gasteiger partial charge on any atom is 0.0366 e. The molecule has 1 heteroatoms. The summed E-state index contributed by atoms with van der Waals surface area (Å²) in [4.78, 5) is 2.58. The molecule has 0 radical (unpaired) electrons. The molecule has 0 spiro atoms. The number of rotatable bonds is 11. The van der Waals surface area contributed by atoms with Gasteiger partial charge >= 0.3 is 0 Å². The Morgan fingerprint density at radius 1 is 0.633 bits per heavy atom. The first-order valence-corrected chi connectivity index (χ1v) is 11.5. The molecule has 0 unspecified atom stereocenters. The van der Waals surface area contributed by atoms with Crippen LogP contribution in [0.15, 0.2) is 84.9 Å². The zero-order valence-corrected chi connectivity index (χ0v) is 19.0. The lowest BCUT2D eigenvalue weighted by Crippen LogP contribution is -2.26. The van der Waals surface area contributed by atoms with Crippen molar-refractivity contribution in [2.24, 2.45) is 0 Å². The lowest BCUT2D eigenvalue weighted by Gasteiger charge is -2.28. The van der Waals surface area contributed by atoms with E-state index < -0.39 is 0 Å². The van der Waals surface area contributed by atoms with Crippen molar-refractivity contribution in [1.82, 2.24) is 0 Å². The highest BCUT2D eigenvalue weighted by atomic mass is 15.1. The van der Waals surface area contributed by atoms with Crippen LogP contribution < -0.4 is 4.90 Å². The molecule has 30 heavy (non-hydrogen) atoms. The average molecular weight is 400 g/mol. The van der Waals surface area contributed by atoms with Crippen LogP contribution in [0.3, 0.4) is 0 Å². The normalized spacial score (nSPS) is 11.4. The Kier molecular flexibility index (Phi) is 8.13. The maximum absolute atomic E-state index is 2.58. The summed E-state index contributed by atoms with van der Waals surface area (Å²) in [5.41, 5.74) is 5.89. The van der Waals surface area contributed by atoms with E-state index in [9.17, 15) is 0 Å². The zero-order chi connectivity index (χ0) is 21.2. The summed E-state index contributed by atoms with van der Waals surface area (Å²) >= 11 is 0. The van der Waals surface area contributed by atoms with Gasteiger partial charge in [-0.3, -0.25) is 0 Å². The molecule has 0 atom stereocenters. The van der Waals surface area contributed by atoms with Crippen molar-refractivity contribution >= 4 is 5.69 Å². The summed E-state index contributed by atoms with van der Waals surface area (Å²) in [7, 11) is 0. The van der Waals surface area contributed by atoms with Crippen LogP contribution in [0.2, 0.25) is 0 Å². The van der Waals surface area contributed by atoms with Crippen molar-refractivity contribution in [3.8, 4) is 0 Å². The number of aryl methyl sites for hydroxylation is 2. The van der Waals surface area contributed by atoms with Crippen molar-refractivity contribution < 1.29 is 0 Å². The molecule has 0 aliphatic carbocycles. The Morgan fingerprint density at radius 3 is 1.53 bits per heavy atom. The fraction of sp³-hybridized carbons (Fsp3) is 0.379. The van der Waals surface area contributed by atoms with E-state index in [-0.39, 0.29) is 5.41 Å². The molecule has 0 amide bonds. The molecule has 0 aliphatic heterocycles. The van der Waals surface area contributed by atoms with Gasteiger partial charge in [-0.15, -0.1) is 0 Å². The smallest absolute Gasteiger partial charge is 0.0366 e. The minimum atomic E-state index is 0.240. The molecule has 0 N–H and O–H groups in total. The van der Waals surface area contributed by atoms with Crippen LogP contribution >= 0.6 is 0 Å². The van der Waals surface area contributed by atoms with Gasteiger partial charge in [-0.2, -0.15) is 0 Å². The minimum absolute atomic E-state index is 0.240. The Bertz CT molecular complexity index is 804. The number of nitrogens with zero attached hydrogens (tertiary/aromatic N) is 1. The Labute approximate surface area is 183 Å². The van der Waals surface area contributed by atoms with Gasteiger partial charge in [0.05, 0.1) is 0 Å². The van der Waals surface area contributed by atoms with Crippen molar-refractivity contribution in [1.29, 1.82) is 0 Å². The van der Waals surface area contributed by atoms with Gasteiger partial charge in [0.1, 0.15) is 0 Å². The van der Waals surface area contributed by atoms with Crippen LogP contribution in [-0.2, 0) is 18.3 Å². The third kappa shape index (κ3) is 6.49. The highest BCUT2D eigenvalue weighted by Crippen LogP contribution is 2.28. The van der Waals surface area contributed by atoms with Crippen LogP contribution in [0, 0.1) is 0 Å². The number of benzene rings is 3. The molecule has 1 nitrogen and oxygen atoms in total. The van der Waals surface area contributed by atoms with E-state index in [1.807, 2.05) is 0 Å². The summed E-state index contributed by atoms with van der Waals surface area (Å²) in [6.45, 7) is 9.13. The lowest BCUT2D eigenvalue weighted by atomic mass is 9.82. The SMILES string of the molecule is CCC(C)(C)c1ccc(N(CCCc2ccccc2)CCCc2ccccc2)cc1. The maximum atomic E-state index is 2.58. The second kappa shape index (κ2) is 11.0. The van der Waals surface area contributed by atoms with E-state index in [1.54, 1.807) is 0 Å². The Hall–Kier alpha value is -2.54. The summed E-state index contributed by atoms with van der Waals surface area (Å²) in [5.74, 6) is 0. The lowest BCUT2D eigenvalue weighted by molar-refractivity contribution is 0.506. The van der Waals surface area contributed by atoms with Crippen LogP contribution in [0.5, 0.6) is 0 Å². The van der Waals surface area contributed by atoms with Gasteiger partial charge in [0.15, 0.2) is 0 Å². The second-order valence-corrected chi connectivity index (χ2v) is 8.95. The molecule has 0 bridgehead atoms. The molecule has 0 saturated heterocycles. The predicted molar refractivity (Wildman–Crippen MR) is 131 cm³/mol. The van der Waals surface area contributed by atoms with E-state index >= 15 is 0 Å². The number of hydrogen-bond donors (Lipinski definition) is 0. The van der Waals surface area contributed by atoms with Gasteiger partial charge < -0.3 is 4.90 Å². The summed E-state index contributed by atoms with van der Waals surface area (Å²) in [6, 6.07) is 31.0. The number of hydrogen-bond acceptors (Lipinski definition) is 1. The quantitative estimate of drug-likeness (QED) is 0.324. The molecule has 0 aliphatic rings. The van der Waals surface area contributed by atoms with Crippen LogP contribution in [0.25, 0.3) is 0 Å². The molecule has 0 aromatic heterocycles. The standard InChI is InChI=1S/C29H37N/c1-4-29(2,3)27-19-21-28(22-20-27)30(23-11-17-25-13-7-5-8-14-25)24-12-18-26-15-9-6-10-16-26/h5-10,13-16,19-22H,4,11-12,17-18,23-24H2,1-3H3. The third-order valence-corrected chi connectivity index (χ3v) is 6.37. The van der Waals surface area contributed by atoms with E-state index in [4.69, 9.17) is 0 Å².